The number of nitrogens with zero attached hydrogens (tertiary/aromatic N) is 2. The first kappa shape index (κ1) is 21.2. The fraction of sp³-hybridized carbons (Fsp3) is 0.211. The molecule has 1 aromatic heterocycles. The lowest BCUT2D eigenvalue weighted by molar-refractivity contribution is 0.0520. The van der Waals surface area contributed by atoms with Gasteiger partial charge in [0.1, 0.15) is 23.8 Å². The molecule has 1 heterocycles. The van der Waals surface area contributed by atoms with Gasteiger partial charge in [-0.15, -0.1) is 5.10 Å². The summed E-state index contributed by atoms with van der Waals surface area (Å²) in [5.74, 6) is 0.403. The zero-order valence-electron chi connectivity index (χ0n) is 15.5. The van der Waals surface area contributed by atoms with Crippen molar-refractivity contribution < 1.29 is 19.0 Å². The minimum atomic E-state index is -0.563. The number of aromatic nitrogens is 3. The average Bonchev–Trinajstić information content (AvgIpc) is 3.19. The molecule has 0 aliphatic rings. The highest BCUT2D eigenvalue weighted by Gasteiger charge is 2.20. The summed E-state index contributed by atoms with van der Waals surface area (Å²) in [5, 5.41) is 11.4. The zero-order valence-corrected chi connectivity index (χ0v) is 17.7. The highest BCUT2D eigenvalue weighted by atomic mass is 35.5. The fourth-order valence-corrected chi connectivity index (χ4v) is 3.17. The monoisotopic (exact) mass is 455 g/mol. The predicted octanol–water partition coefficient (Wildman–Crippen LogP) is 5.20. The van der Waals surface area contributed by atoms with Crippen LogP contribution in [0.25, 0.3) is 11.3 Å². The molecule has 0 spiro atoms. The van der Waals surface area contributed by atoms with Crippen molar-refractivity contribution in [2.75, 3.05) is 13.7 Å². The smallest absolute Gasteiger partial charge is 0.361 e. The number of methoxy groups -OCH3 is 1. The lowest BCUT2D eigenvalue weighted by Crippen LogP contribution is -2.07. The second-order valence-electron chi connectivity index (χ2n) is 5.75. The van der Waals surface area contributed by atoms with E-state index in [1.165, 1.54) is 6.07 Å². The van der Waals surface area contributed by atoms with Crippen molar-refractivity contribution >= 4 is 40.8 Å². The first-order valence-electron chi connectivity index (χ1n) is 8.47. The number of carbonyl (C=O) groups is 1. The maximum absolute atomic E-state index is 12.1. The van der Waals surface area contributed by atoms with Crippen LogP contribution >= 0.6 is 34.8 Å². The van der Waals surface area contributed by atoms with Crippen LogP contribution < -0.4 is 9.47 Å². The summed E-state index contributed by atoms with van der Waals surface area (Å²) in [6, 6.07) is 8.34. The summed E-state index contributed by atoms with van der Waals surface area (Å²) < 4.78 is 16.2. The number of benzene rings is 2. The Morgan fingerprint density at radius 1 is 1.03 bits per heavy atom. The Bertz CT molecular complexity index is 1040. The molecular formula is C19H16Cl3N3O4. The lowest BCUT2D eigenvalue weighted by atomic mass is 10.1. The van der Waals surface area contributed by atoms with Crippen molar-refractivity contribution in [3.8, 4) is 22.8 Å². The molecule has 0 atom stereocenters. The van der Waals surface area contributed by atoms with Crippen molar-refractivity contribution in [2.24, 2.45) is 0 Å². The number of aromatic amines is 1. The van der Waals surface area contributed by atoms with Gasteiger partial charge in [-0.25, -0.2) is 4.79 Å². The van der Waals surface area contributed by atoms with Crippen LogP contribution in [-0.2, 0) is 11.3 Å². The van der Waals surface area contributed by atoms with Crippen LogP contribution in [0.3, 0.4) is 0 Å². The minimum absolute atomic E-state index is 0.0939. The number of rotatable bonds is 7. The van der Waals surface area contributed by atoms with Crippen molar-refractivity contribution in [1.82, 2.24) is 15.4 Å². The fourth-order valence-electron chi connectivity index (χ4n) is 2.58. The molecule has 0 radical (unpaired) electrons. The van der Waals surface area contributed by atoms with Gasteiger partial charge >= 0.3 is 5.97 Å². The number of esters is 1. The van der Waals surface area contributed by atoms with Crippen LogP contribution in [0.1, 0.15) is 23.0 Å². The Kier molecular flexibility index (Phi) is 6.84. The van der Waals surface area contributed by atoms with Gasteiger partial charge in [0, 0.05) is 17.2 Å². The van der Waals surface area contributed by atoms with Crippen LogP contribution in [0.2, 0.25) is 15.1 Å². The molecule has 7 nitrogen and oxygen atoms in total. The second-order valence-corrected chi connectivity index (χ2v) is 6.97. The number of ether oxygens (including phenoxy) is 3. The Labute approximate surface area is 181 Å². The third kappa shape index (κ3) is 4.75. The molecule has 2 aromatic carbocycles. The molecule has 0 unspecified atom stereocenters. The van der Waals surface area contributed by atoms with Crippen LogP contribution in [0.15, 0.2) is 30.3 Å². The predicted molar refractivity (Wildman–Crippen MR) is 110 cm³/mol. The summed E-state index contributed by atoms with van der Waals surface area (Å²) in [6.45, 7) is 2.08. The number of hydrogen-bond acceptors (Lipinski definition) is 6. The van der Waals surface area contributed by atoms with Gasteiger partial charge in [-0.1, -0.05) is 34.8 Å². The van der Waals surface area contributed by atoms with E-state index in [-0.39, 0.29) is 18.9 Å². The van der Waals surface area contributed by atoms with Gasteiger partial charge in [-0.3, -0.25) is 0 Å². The van der Waals surface area contributed by atoms with Crippen molar-refractivity contribution in [3.63, 3.8) is 0 Å². The number of carbonyl (C=O) groups excluding carboxylic acids is 1. The molecular weight excluding hydrogens is 441 g/mol. The summed E-state index contributed by atoms with van der Waals surface area (Å²) >= 11 is 18.1. The van der Waals surface area contributed by atoms with Crippen LogP contribution in [0.5, 0.6) is 11.5 Å². The molecule has 152 valence electrons. The molecule has 0 bridgehead atoms. The van der Waals surface area contributed by atoms with E-state index < -0.39 is 5.97 Å². The second kappa shape index (κ2) is 9.35. The van der Waals surface area contributed by atoms with E-state index in [1.807, 2.05) is 0 Å². The van der Waals surface area contributed by atoms with E-state index in [4.69, 9.17) is 49.0 Å². The minimum Gasteiger partial charge on any atom is -0.496 e. The normalized spacial score (nSPS) is 10.7. The largest absolute Gasteiger partial charge is 0.496 e. The topological polar surface area (TPSA) is 86.3 Å². The van der Waals surface area contributed by atoms with Crippen molar-refractivity contribution in [2.45, 2.75) is 13.5 Å². The summed E-state index contributed by atoms with van der Waals surface area (Å²) in [5.41, 5.74) is 1.79. The van der Waals surface area contributed by atoms with Crippen molar-refractivity contribution in [3.05, 3.63) is 56.7 Å². The third-order valence-corrected chi connectivity index (χ3v) is 4.95. The molecule has 1 N–H and O–H groups in total. The number of nitrogens with one attached hydrogen (secondary N) is 1. The van der Waals surface area contributed by atoms with Gasteiger partial charge in [0.25, 0.3) is 0 Å². The first-order valence-corrected chi connectivity index (χ1v) is 9.60. The van der Waals surface area contributed by atoms with Gasteiger partial charge < -0.3 is 14.2 Å². The first-order chi connectivity index (χ1) is 13.9. The Morgan fingerprint density at radius 2 is 1.79 bits per heavy atom. The standard InChI is InChI=1S/C19H16Cl3N3O4/c1-3-28-19(26)18-17(23-25-24-18)10-4-5-15(27-2)11(6-10)9-29-16-8-13(21)12(20)7-14(16)22/h4-8H,3,9H2,1-2H3,(H,23,24,25). The van der Waals surface area contributed by atoms with E-state index in [9.17, 15) is 4.79 Å². The van der Waals surface area contributed by atoms with Crippen LogP contribution in [-0.4, -0.2) is 35.1 Å². The molecule has 0 aliphatic heterocycles. The maximum Gasteiger partial charge on any atom is 0.361 e. The van der Waals surface area contributed by atoms with Crippen molar-refractivity contribution in [1.29, 1.82) is 0 Å². The highest BCUT2D eigenvalue weighted by molar-refractivity contribution is 6.43. The quantitative estimate of drug-likeness (QED) is 0.389. The number of hydrogen-bond donors (Lipinski definition) is 1. The van der Waals surface area contributed by atoms with E-state index in [0.717, 1.165) is 0 Å². The van der Waals surface area contributed by atoms with Gasteiger partial charge in [-0.2, -0.15) is 10.3 Å². The number of H-pyrrole nitrogens is 1. The van der Waals surface area contributed by atoms with E-state index in [1.54, 1.807) is 38.3 Å². The highest BCUT2D eigenvalue weighted by Crippen LogP contribution is 2.35. The molecule has 3 rings (SSSR count). The lowest BCUT2D eigenvalue weighted by Gasteiger charge is -2.13. The van der Waals surface area contributed by atoms with Gasteiger partial charge in [-0.05, 0) is 31.2 Å². The van der Waals surface area contributed by atoms with E-state index >= 15 is 0 Å². The third-order valence-electron chi connectivity index (χ3n) is 3.93. The molecule has 0 amide bonds. The Morgan fingerprint density at radius 3 is 2.52 bits per heavy atom. The number of halogens is 3. The Balaban J connectivity index is 1.90. The summed E-state index contributed by atoms with van der Waals surface area (Å²) in [6.07, 6.45) is 0. The summed E-state index contributed by atoms with van der Waals surface area (Å²) in [4.78, 5) is 12.1. The molecule has 0 fully saturated rings. The molecule has 29 heavy (non-hydrogen) atoms. The maximum atomic E-state index is 12.1. The van der Waals surface area contributed by atoms with E-state index in [2.05, 4.69) is 15.4 Å². The molecule has 10 heteroatoms. The zero-order chi connectivity index (χ0) is 21.0. The summed E-state index contributed by atoms with van der Waals surface area (Å²) in [7, 11) is 1.55. The average molecular weight is 457 g/mol. The molecule has 0 saturated carbocycles. The van der Waals surface area contributed by atoms with Gasteiger partial charge in [0.15, 0.2) is 5.69 Å². The SMILES string of the molecule is CCOC(=O)c1n[nH]nc1-c1ccc(OC)c(COc2cc(Cl)c(Cl)cc2Cl)c1. The molecule has 0 saturated heterocycles. The van der Waals surface area contributed by atoms with Crippen LogP contribution in [0.4, 0.5) is 0 Å². The Hall–Kier alpha value is -2.48. The van der Waals surface area contributed by atoms with E-state index in [0.29, 0.717) is 43.4 Å². The van der Waals surface area contributed by atoms with Gasteiger partial charge in [0.05, 0.1) is 28.8 Å². The van der Waals surface area contributed by atoms with Crippen LogP contribution in [0, 0.1) is 0 Å². The molecule has 3 aromatic rings. The van der Waals surface area contributed by atoms with Gasteiger partial charge in [0.2, 0.25) is 0 Å². The molecule has 0 aliphatic carbocycles.